The van der Waals surface area contributed by atoms with Crippen LogP contribution in [0, 0.1) is 11.3 Å². The Morgan fingerprint density at radius 2 is 2.00 bits per heavy atom. The Bertz CT molecular complexity index is 423. The lowest BCUT2D eigenvalue weighted by Gasteiger charge is -2.15. The van der Waals surface area contributed by atoms with Crippen molar-refractivity contribution in [3.8, 4) is 6.07 Å². The maximum absolute atomic E-state index is 8.82. The van der Waals surface area contributed by atoms with Gasteiger partial charge in [0.1, 0.15) is 6.07 Å². The standard InChI is InChI=1S/C16H23ClN2/c1-3-4-5-6-7-8-13(2)19-15-10-9-14(12-18)16(17)11-15/h9-11,13,19H,3-8H2,1-2H3. The number of nitriles is 1. The molecule has 0 bridgehead atoms. The largest absolute Gasteiger partial charge is 0.383 e. The zero-order chi connectivity index (χ0) is 14.1. The smallest absolute Gasteiger partial charge is 0.101 e. The van der Waals surface area contributed by atoms with Crippen LogP contribution < -0.4 is 5.32 Å². The highest BCUT2D eigenvalue weighted by atomic mass is 35.5. The Hall–Kier alpha value is -1.20. The van der Waals surface area contributed by atoms with Crippen LogP contribution in [0.1, 0.15) is 57.9 Å². The van der Waals surface area contributed by atoms with Crippen LogP contribution in [0.15, 0.2) is 18.2 Å². The van der Waals surface area contributed by atoms with E-state index < -0.39 is 0 Å². The monoisotopic (exact) mass is 278 g/mol. The number of unbranched alkanes of at least 4 members (excludes halogenated alkanes) is 4. The molecule has 0 radical (unpaired) electrons. The van der Waals surface area contributed by atoms with E-state index in [4.69, 9.17) is 16.9 Å². The van der Waals surface area contributed by atoms with Gasteiger partial charge in [0.25, 0.3) is 0 Å². The van der Waals surface area contributed by atoms with Gasteiger partial charge in [0, 0.05) is 11.7 Å². The molecule has 0 aromatic heterocycles. The fourth-order valence-electron chi connectivity index (χ4n) is 2.11. The Morgan fingerprint density at radius 3 is 2.63 bits per heavy atom. The van der Waals surface area contributed by atoms with Gasteiger partial charge in [-0.2, -0.15) is 5.26 Å². The Kier molecular flexibility index (Phi) is 7.36. The molecule has 1 atom stereocenters. The summed E-state index contributed by atoms with van der Waals surface area (Å²) < 4.78 is 0. The molecule has 0 aliphatic heterocycles. The van der Waals surface area contributed by atoms with Crippen molar-refractivity contribution in [2.24, 2.45) is 0 Å². The molecule has 0 saturated heterocycles. The normalized spacial score (nSPS) is 11.9. The van der Waals surface area contributed by atoms with Crippen LogP contribution >= 0.6 is 11.6 Å². The molecule has 0 saturated carbocycles. The molecule has 0 spiro atoms. The number of halogens is 1. The van der Waals surface area contributed by atoms with Gasteiger partial charge in [-0.3, -0.25) is 0 Å². The second-order valence-corrected chi connectivity index (χ2v) is 5.46. The molecule has 0 amide bonds. The number of anilines is 1. The fourth-order valence-corrected chi connectivity index (χ4v) is 2.33. The van der Waals surface area contributed by atoms with Crippen molar-refractivity contribution in [1.82, 2.24) is 0 Å². The average molecular weight is 279 g/mol. The third-order valence-electron chi connectivity index (χ3n) is 3.24. The summed E-state index contributed by atoms with van der Waals surface area (Å²) in [5.74, 6) is 0. The summed E-state index contributed by atoms with van der Waals surface area (Å²) in [7, 11) is 0. The first-order valence-electron chi connectivity index (χ1n) is 7.13. The lowest BCUT2D eigenvalue weighted by Crippen LogP contribution is -2.14. The van der Waals surface area contributed by atoms with Crippen LogP contribution in [0.2, 0.25) is 5.02 Å². The molecule has 1 unspecified atom stereocenters. The summed E-state index contributed by atoms with van der Waals surface area (Å²) >= 11 is 6.01. The van der Waals surface area contributed by atoms with E-state index in [2.05, 4.69) is 25.2 Å². The maximum atomic E-state index is 8.82. The minimum atomic E-state index is 0.436. The van der Waals surface area contributed by atoms with Gasteiger partial charge in [0.05, 0.1) is 10.6 Å². The van der Waals surface area contributed by atoms with Crippen LogP contribution in [0.25, 0.3) is 0 Å². The first-order chi connectivity index (χ1) is 9.17. The molecule has 1 aromatic carbocycles. The van der Waals surface area contributed by atoms with Crippen LogP contribution in [0.5, 0.6) is 0 Å². The summed E-state index contributed by atoms with van der Waals surface area (Å²) in [6, 6.07) is 8.01. The zero-order valence-corrected chi connectivity index (χ0v) is 12.6. The lowest BCUT2D eigenvalue weighted by atomic mass is 10.1. The molecule has 1 aromatic rings. The highest BCUT2D eigenvalue weighted by Crippen LogP contribution is 2.21. The number of benzene rings is 1. The van der Waals surface area contributed by atoms with Gasteiger partial charge >= 0.3 is 0 Å². The van der Waals surface area contributed by atoms with Crippen molar-refractivity contribution in [2.75, 3.05) is 5.32 Å². The maximum Gasteiger partial charge on any atom is 0.101 e. The quantitative estimate of drug-likeness (QED) is 0.649. The molecule has 19 heavy (non-hydrogen) atoms. The molecular weight excluding hydrogens is 256 g/mol. The van der Waals surface area contributed by atoms with Gasteiger partial charge in [-0.05, 0) is 31.5 Å². The van der Waals surface area contributed by atoms with Gasteiger partial charge in [-0.25, -0.2) is 0 Å². The van der Waals surface area contributed by atoms with Crippen LogP contribution in [0.3, 0.4) is 0 Å². The molecule has 0 heterocycles. The van der Waals surface area contributed by atoms with Gasteiger partial charge in [-0.15, -0.1) is 0 Å². The molecule has 0 aliphatic rings. The number of hydrogen-bond acceptors (Lipinski definition) is 2. The van der Waals surface area contributed by atoms with E-state index in [0.29, 0.717) is 16.6 Å². The van der Waals surface area contributed by atoms with Gasteiger partial charge in [-0.1, -0.05) is 50.6 Å². The van der Waals surface area contributed by atoms with Gasteiger partial charge in [0.2, 0.25) is 0 Å². The molecule has 1 N–H and O–H groups in total. The highest BCUT2D eigenvalue weighted by Gasteiger charge is 2.04. The van der Waals surface area contributed by atoms with Crippen LogP contribution in [-0.4, -0.2) is 6.04 Å². The Morgan fingerprint density at radius 1 is 1.26 bits per heavy atom. The number of hydrogen-bond donors (Lipinski definition) is 1. The summed E-state index contributed by atoms with van der Waals surface area (Å²) in [4.78, 5) is 0. The van der Waals surface area contributed by atoms with E-state index in [0.717, 1.165) is 5.69 Å². The van der Waals surface area contributed by atoms with E-state index in [1.54, 1.807) is 6.07 Å². The third-order valence-corrected chi connectivity index (χ3v) is 3.56. The van der Waals surface area contributed by atoms with E-state index in [9.17, 15) is 0 Å². The average Bonchev–Trinajstić information content (AvgIpc) is 2.39. The first kappa shape index (κ1) is 15.9. The van der Waals surface area contributed by atoms with Gasteiger partial charge < -0.3 is 5.32 Å². The van der Waals surface area contributed by atoms with Crippen LogP contribution in [-0.2, 0) is 0 Å². The number of nitrogens with one attached hydrogen (secondary N) is 1. The minimum absolute atomic E-state index is 0.436. The zero-order valence-electron chi connectivity index (χ0n) is 11.9. The van der Waals surface area contributed by atoms with E-state index in [1.165, 1.54) is 38.5 Å². The fraction of sp³-hybridized carbons (Fsp3) is 0.562. The van der Waals surface area contributed by atoms with E-state index >= 15 is 0 Å². The van der Waals surface area contributed by atoms with Crippen molar-refractivity contribution in [3.63, 3.8) is 0 Å². The number of rotatable bonds is 8. The highest BCUT2D eigenvalue weighted by molar-refractivity contribution is 6.32. The van der Waals surface area contributed by atoms with Crippen molar-refractivity contribution >= 4 is 17.3 Å². The topological polar surface area (TPSA) is 35.8 Å². The number of nitrogens with zero attached hydrogens (tertiary/aromatic N) is 1. The molecular formula is C16H23ClN2. The summed E-state index contributed by atoms with van der Waals surface area (Å²) in [6.07, 6.45) is 7.71. The third kappa shape index (κ3) is 5.98. The second-order valence-electron chi connectivity index (χ2n) is 5.05. The van der Waals surface area contributed by atoms with Crippen molar-refractivity contribution in [3.05, 3.63) is 28.8 Å². The van der Waals surface area contributed by atoms with Crippen molar-refractivity contribution in [2.45, 2.75) is 58.4 Å². The lowest BCUT2D eigenvalue weighted by molar-refractivity contribution is 0.578. The van der Waals surface area contributed by atoms with Crippen molar-refractivity contribution < 1.29 is 0 Å². The molecule has 1 rings (SSSR count). The SMILES string of the molecule is CCCCCCCC(C)Nc1ccc(C#N)c(Cl)c1. The van der Waals surface area contributed by atoms with Crippen LogP contribution in [0.4, 0.5) is 5.69 Å². The van der Waals surface area contributed by atoms with Gasteiger partial charge in [0.15, 0.2) is 0 Å². The molecule has 0 fully saturated rings. The molecule has 3 heteroatoms. The second kappa shape index (κ2) is 8.82. The molecule has 2 nitrogen and oxygen atoms in total. The Balaban J connectivity index is 2.34. The summed E-state index contributed by atoms with van der Waals surface area (Å²) in [5.41, 5.74) is 1.52. The molecule has 104 valence electrons. The van der Waals surface area contributed by atoms with E-state index in [-0.39, 0.29) is 0 Å². The molecule has 0 aliphatic carbocycles. The van der Waals surface area contributed by atoms with E-state index in [1.807, 2.05) is 12.1 Å². The minimum Gasteiger partial charge on any atom is -0.383 e. The summed E-state index contributed by atoms with van der Waals surface area (Å²) in [6.45, 7) is 4.42. The summed E-state index contributed by atoms with van der Waals surface area (Å²) in [5, 5.41) is 12.8. The Labute approximate surface area is 121 Å². The predicted molar refractivity (Wildman–Crippen MR) is 82.6 cm³/mol. The predicted octanol–water partition coefficient (Wildman–Crippen LogP) is 5.37. The van der Waals surface area contributed by atoms with Crippen molar-refractivity contribution in [1.29, 1.82) is 5.26 Å². The first-order valence-corrected chi connectivity index (χ1v) is 7.51.